The highest BCUT2D eigenvalue weighted by atomic mass is 19.4. The number of hydrogen-bond donors (Lipinski definition) is 1. The number of aliphatic hydroxyl groups is 1. The van der Waals surface area contributed by atoms with Crippen LogP contribution in [-0.4, -0.2) is 60.4 Å². The molecule has 0 bridgehead atoms. The van der Waals surface area contributed by atoms with Crippen LogP contribution in [-0.2, 0) is 6.18 Å². The summed E-state index contributed by atoms with van der Waals surface area (Å²) in [6.07, 6.45) is -4.25. The van der Waals surface area contributed by atoms with Crippen molar-refractivity contribution in [3.8, 4) is 5.75 Å². The summed E-state index contributed by atoms with van der Waals surface area (Å²) < 4.78 is 56.1. The van der Waals surface area contributed by atoms with Crippen molar-refractivity contribution < 1.29 is 27.4 Å². The Hall–Kier alpha value is -2.39. The van der Waals surface area contributed by atoms with Crippen LogP contribution in [0.5, 0.6) is 5.75 Å². The Morgan fingerprint density at radius 3 is 2.29 bits per heavy atom. The summed E-state index contributed by atoms with van der Waals surface area (Å²) in [7, 11) is 0. The van der Waals surface area contributed by atoms with Crippen LogP contribution >= 0.6 is 0 Å². The topological polar surface area (TPSA) is 48.8 Å². The number of pyridine rings is 1. The zero-order valence-electron chi connectivity index (χ0n) is 15.1. The molecule has 28 heavy (non-hydrogen) atoms. The quantitative estimate of drug-likeness (QED) is 0.757. The summed E-state index contributed by atoms with van der Waals surface area (Å²) in [4.78, 5) is 7.88. The number of aliphatic hydroxyl groups excluding tert-OH is 1. The van der Waals surface area contributed by atoms with Crippen molar-refractivity contribution in [1.29, 1.82) is 0 Å². The number of benzene rings is 1. The van der Waals surface area contributed by atoms with Crippen molar-refractivity contribution in [2.75, 3.05) is 44.2 Å². The average molecular weight is 399 g/mol. The number of anilines is 1. The van der Waals surface area contributed by atoms with E-state index in [9.17, 15) is 22.7 Å². The highest BCUT2D eigenvalue weighted by Crippen LogP contribution is 2.29. The molecule has 1 atom stereocenters. The Morgan fingerprint density at radius 2 is 1.71 bits per heavy atom. The molecule has 1 aliphatic heterocycles. The van der Waals surface area contributed by atoms with Crippen LogP contribution in [0, 0.1) is 5.82 Å². The van der Waals surface area contributed by atoms with Gasteiger partial charge in [-0.2, -0.15) is 13.2 Å². The Bertz CT molecular complexity index is 745. The monoisotopic (exact) mass is 399 g/mol. The van der Waals surface area contributed by atoms with Crippen molar-refractivity contribution in [3.63, 3.8) is 0 Å². The van der Waals surface area contributed by atoms with Crippen molar-refractivity contribution in [2.24, 2.45) is 0 Å². The Morgan fingerprint density at radius 1 is 1.04 bits per heavy atom. The molecule has 1 aromatic heterocycles. The average Bonchev–Trinajstić information content (AvgIpc) is 2.68. The van der Waals surface area contributed by atoms with E-state index in [1.807, 2.05) is 4.90 Å². The van der Waals surface area contributed by atoms with Crippen LogP contribution in [0.1, 0.15) is 5.56 Å². The number of ether oxygens (including phenoxy) is 1. The van der Waals surface area contributed by atoms with Gasteiger partial charge in [0.1, 0.15) is 30.1 Å². The molecule has 9 heteroatoms. The molecular formula is C19H21F4N3O2. The van der Waals surface area contributed by atoms with E-state index in [1.165, 1.54) is 30.3 Å². The third-order valence-corrected chi connectivity index (χ3v) is 4.50. The summed E-state index contributed by atoms with van der Waals surface area (Å²) in [6, 6.07) is 7.98. The summed E-state index contributed by atoms with van der Waals surface area (Å²) in [5, 5.41) is 10.1. The Balaban J connectivity index is 1.42. The number of piperazine rings is 1. The van der Waals surface area contributed by atoms with Gasteiger partial charge in [0.15, 0.2) is 0 Å². The normalized spacial score (nSPS) is 16.8. The van der Waals surface area contributed by atoms with E-state index in [-0.39, 0.29) is 12.4 Å². The van der Waals surface area contributed by atoms with E-state index in [1.54, 1.807) is 0 Å². The molecule has 1 aromatic carbocycles. The fourth-order valence-corrected chi connectivity index (χ4v) is 2.97. The molecule has 0 amide bonds. The molecule has 2 heterocycles. The van der Waals surface area contributed by atoms with E-state index in [0.29, 0.717) is 44.3 Å². The van der Waals surface area contributed by atoms with Crippen LogP contribution in [0.15, 0.2) is 42.6 Å². The van der Waals surface area contributed by atoms with Crippen molar-refractivity contribution in [2.45, 2.75) is 12.3 Å². The van der Waals surface area contributed by atoms with Crippen molar-refractivity contribution in [3.05, 3.63) is 54.0 Å². The molecule has 3 rings (SSSR count). The van der Waals surface area contributed by atoms with Crippen LogP contribution in [0.4, 0.5) is 23.4 Å². The molecule has 1 unspecified atom stereocenters. The van der Waals surface area contributed by atoms with Gasteiger partial charge in [-0.15, -0.1) is 0 Å². The van der Waals surface area contributed by atoms with E-state index < -0.39 is 17.8 Å². The second kappa shape index (κ2) is 8.74. The molecular weight excluding hydrogens is 378 g/mol. The maximum Gasteiger partial charge on any atom is 0.417 e. The van der Waals surface area contributed by atoms with E-state index in [2.05, 4.69) is 9.88 Å². The van der Waals surface area contributed by atoms with Gasteiger partial charge in [-0.3, -0.25) is 4.90 Å². The zero-order chi connectivity index (χ0) is 20.1. The van der Waals surface area contributed by atoms with Gasteiger partial charge in [0.05, 0.1) is 5.56 Å². The first-order valence-electron chi connectivity index (χ1n) is 8.88. The minimum absolute atomic E-state index is 0.0896. The van der Waals surface area contributed by atoms with E-state index in [0.717, 1.165) is 12.3 Å². The highest BCUT2D eigenvalue weighted by Gasteiger charge is 2.31. The van der Waals surface area contributed by atoms with Gasteiger partial charge in [-0.05, 0) is 36.4 Å². The maximum absolute atomic E-state index is 12.9. The second-order valence-corrected chi connectivity index (χ2v) is 6.61. The molecule has 0 saturated carbocycles. The molecule has 1 fully saturated rings. The minimum Gasteiger partial charge on any atom is -0.491 e. The van der Waals surface area contributed by atoms with Crippen LogP contribution < -0.4 is 9.64 Å². The van der Waals surface area contributed by atoms with Gasteiger partial charge in [-0.1, -0.05) is 0 Å². The molecule has 1 saturated heterocycles. The predicted octanol–water partition coefficient (Wildman–Crippen LogP) is 2.80. The molecule has 5 nitrogen and oxygen atoms in total. The molecule has 1 aliphatic rings. The minimum atomic E-state index is -4.39. The molecule has 0 aliphatic carbocycles. The lowest BCUT2D eigenvalue weighted by Crippen LogP contribution is -2.49. The zero-order valence-corrected chi connectivity index (χ0v) is 15.1. The summed E-state index contributed by atoms with van der Waals surface area (Å²) in [6.45, 7) is 3.00. The predicted molar refractivity (Wildman–Crippen MR) is 95.8 cm³/mol. The van der Waals surface area contributed by atoms with Gasteiger partial charge in [0.2, 0.25) is 0 Å². The van der Waals surface area contributed by atoms with Crippen molar-refractivity contribution >= 4 is 5.82 Å². The fraction of sp³-hybridized carbons (Fsp3) is 0.421. The number of hydrogen-bond acceptors (Lipinski definition) is 5. The Labute approximate surface area is 160 Å². The first-order valence-corrected chi connectivity index (χ1v) is 8.88. The van der Waals surface area contributed by atoms with E-state index >= 15 is 0 Å². The lowest BCUT2D eigenvalue weighted by atomic mass is 10.2. The number of aromatic nitrogens is 1. The highest BCUT2D eigenvalue weighted by molar-refractivity contribution is 5.40. The molecule has 0 spiro atoms. The van der Waals surface area contributed by atoms with Gasteiger partial charge in [-0.25, -0.2) is 9.37 Å². The largest absolute Gasteiger partial charge is 0.491 e. The molecule has 1 N–H and O–H groups in total. The van der Waals surface area contributed by atoms with Crippen molar-refractivity contribution in [1.82, 2.24) is 9.88 Å². The van der Waals surface area contributed by atoms with Gasteiger partial charge in [0, 0.05) is 38.9 Å². The SMILES string of the molecule is OC(COc1ccc(F)cc1)CN1CCN(c2ccc(C(F)(F)F)cn2)CC1. The van der Waals surface area contributed by atoms with Crippen LogP contribution in [0.25, 0.3) is 0 Å². The number of alkyl halides is 3. The number of nitrogens with zero attached hydrogens (tertiary/aromatic N) is 3. The lowest BCUT2D eigenvalue weighted by molar-refractivity contribution is -0.137. The van der Waals surface area contributed by atoms with Crippen LogP contribution in [0.2, 0.25) is 0 Å². The molecule has 0 radical (unpaired) electrons. The van der Waals surface area contributed by atoms with Gasteiger partial charge >= 0.3 is 6.18 Å². The van der Waals surface area contributed by atoms with Gasteiger partial charge in [0.25, 0.3) is 0 Å². The molecule has 2 aromatic rings. The van der Waals surface area contributed by atoms with Gasteiger partial charge < -0.3 is 14.7 Å². The maximum atomic E-state index is 12.9. The lowest BCUT2D eigenvalue weighted by Gasteiger charge is -2.36. The smallest absolute Gasteiger partial charge is 0.417 e. The number of rotatable bonds is 6. The van der Waals surface area contributed by atoms with E-state index in [4.69, 9.17) is 4.74 Å². The third kappa shape index (κ3) is 5.56. The standard InChI is InChI=1S/C19H21F4N3O2/c20-15-2-4-17(5-3-15)28-13-16(27)12-25-7-9-26(10-8-25)18-6-1-14(11-24-18)19(21,22)23/h1-6,11,16,27H,7-10,12-13H2. The third-order valence-electron chi connectivity index (χ3n) is 4.50. The second-order valence-electron chi connectivity index (χ2n) is 6.61. The number of β-amino-alcohol motifs (C(OH)–C–C–N with tert-alkyl or cyclic N) is 1. The summed E-state index contributed by atoms with van der Waals surface area (Å²) >= 11 is 0. The Kier molecular flexibility index (Phi) is 6.35. The number of halogens is 4. The first-order chi connectivity index (χ1) is 13.3. The summed E-state index contributed by atoms with van der Waals surface area (Å²) in [5.41, 5.74) is -0.765. The van der Waals surface area contributed by atoms with Crippen LogP contribution in [0.3, 0.4) is 0 Å². The first kappa shape index (κ1) is 20.3. The summed E-state index contributed by atoms with van der Waals surface area (Å²) in [5.74, 6) is 0.639. The molecule has 152 valence electrons. The fourth-order valence-electron chi connectivity index (χ4n) is 2.97.